The molecule has 0 fully saturated rings. The summed E-state index contributed by atoms with van der Waals surface area (Å²) in [7, 11) is 0. The smallest absolute Gasteiger partial charge is 0.255 e. The molecule has 0 aliphatic carbocycles. The first kappa shape index (κ1) is 18.9. The number of hydrogen-bond donors (Lipinski definition) is 1. The minimum Gasteiger partial charge on any atom is -0.486 e. The van der Waals surface area contributed by atoms with E-state index < -0.39 is 0 Å². The molecule has 3 aromatic heterocycles. The Hall–Kier alpha value is -4.06. The normalized spacial score (nSPS) is 11.1. The minimum atomic E-state index is -0.220. The number of rotatable bonds is 6. The van der Waals surface area contributed by atoms with Crippen LogP contribution in [0, 0.1) is 6.92 Å². The van der Waals surface area contributed by atoms with Gasteiger partial charge < -0.3 is 18.9 Å². The zero-order valence-corrected chi connectivity index (χ0v) is 17.0. The van der Waals surface area contributed by atoms with Gasteiger partial charge in [-0.1, -0.05) is 36.4 Å². The molecule has 0 unspecified atom stereocenters. The van der Waals surface area contributed by atoms with E-state index in [2.05, 4.69) is 10.3 Å². The summed E-state index contributed by atoms with van der Waals surface area (Å²) >= 11 is 0. The van der Waals surface area contributed by atoms with E-state index >= 15 is 0 Å². The van der Waals surface area contributed by atoms with Gasteiger partial charge in [0.05, 0.1) is 17.8 Å². The second kappa shape index (κ2) is 7.99. The number of ether oxygens (including phenoxy) is 1. The molecule has 5 aromatic rings. The Labute approximate surface area is 179 Å². The molecule has 0 saturated heterocycles. The lowest BCUT2D eigenvalue weighted by Crippen LogP contribution is -2.23. The quantitative estimate of drug-likeness (QED) is 0.432. The van der Waals surface area contributed by atoms with Gasteiger partial charge >= 0.3 is 0 Å². The van der Waals surface area contributed by atoms with Gasteiger partial charge in [-0.3, -0.25) is 4.79 Å². The second-order valence-electron chi connectivity index (χ2n) is 7.37. The number of imidazole rings is 1. The van der Waals surface area contributed by atoms with Crippen LogP contribution in [0.1, 0.15) is 27.4 Å². The Morgan fingerprint density at radius 2 is 1.94 bits per heavy atom. The van der Waals surface area contributed by atoms with Crippen molar-refractivity contribution in [3.05, 3.63) is 102 Å². The van der Waals surface area contributed by atoms with E-state index in [9.17, 15) is 4.79 Å². The molecule has 3 heterocycles. The van der Waals surface area contributed by atoms with Crippen LogP contribution in [-0.4, -0.2) is 15.3 Å². The van der Waals surface area contributed by atoms with Crippen LogP contribution < -0.4 is 10.1 Å². The maximum absolute atomic E-state index is 12.8. The number of aromatic nitrogens is 2. The van der Waals surface area contributed by atoms with Gasteiger partial charge in [-0.25, -0.2) is 4.98 Å². The number of hydrogen-bond acceptors (Lipinski definition) is 4. The van der Waals surface area contributed by atoms with Gasteiger partial charge in [-0.05, 0) is 42.8 Å². The average Bonchev–Trinajstić information content (AvgIpc) is 3.40. The Kier molecular flexibility index (Phi) is 4.88. The van der Waals surface area contributed by atoms with Crippen LogP contribution in [0.2, 0.25) is 0 Å². The predicted molar refractivity (Wildman–Crippen MR) is 118 cm³/mol. The van der Waals surface area contributed by atoms with E-state index in [-0.39, 0.29) is 12.5 Å². The first-order chi connectivity index (χ1) is 15.2. The van der Waals surface area contributed by atoms with Gasteiger partial charge in [0.25, 0.3) is 5.91 Å². The van der Waals surface area contributed by atoms with E-state index in [4.69, 9.17) is 9.15 Å². The van der Waals surface area contributed by atoms with E-state index in [0.29, 0.717) is 23.6 Å². The van der Waals surface area contributed by atoms with Gasteiger partial charge in [0, 0.05) is 17.8 Å². The average molecular weight is 411 g/mol. The Bertz CT molecular complexity index is 1350. The number of carbonyl (C=O) groups is 1. The summed E-state index contributed by atoms with van der Waals surface area (Å²) in [5.74, 6) is 0.994. The van der Waals surface area contributed by atoms with Crippen molar-refractivity contribution < 1.29 is 13.9 Å². The third-order valence-electron chi connectivity index (χ3n) is 5.13. The van der Waals surface area contributed by atoms with Gasteiger partial charge in [-0.15, -0.1) is 0 Å². The molecule has 0 aliphatic rings. The van der Waals surface area contributed by atoms with E-state index in [1.54, 1.807) is 12.1 Å². The van der Waals surface area contributed by atoms with Gasteiger partial charge in [-0.2, -0.15) is 0 Å². The van der Waals surface area contributed by atoms with Gasteiger partial charge in [0.2, 0.25) is 0 Å². The molecule has 0 atom stereocenters. The fourth-order valence-electron chi connectivity index (χ4n) is 3.59. The van der Waals surface area contributed by atoms with Crippen molar-refractivity contribution in [3.8, 4) is 5.75 Å². The zero-order valence-electron chi connectivity index (χ0n) is 17.0. The van der Waals surface area contributed by atoms with Crippen LogP contribution in [0.15, 0.2) is 83.5 Å². The highest BCUT2D eigenvalue weighted by Crippen LogP contribution is 2.21. The third kappa shape index (κ3) is 3.88. The Morgan fingerprint density at radius 3 is 2.81 bits per heavy atom. The van der Waals surface area contributed by atoms with Crippen LogP contribution in [0.3, 0.4) is 0 Å². The van der Waals surface area contributed by atoms with E-state index in [1.165, 1.54) is 0 Å². The summed E-state index contributed by atoms with van der Waals surface area (Å²) < 4.78 is 13.7. The van der Waals surface area contributed by atoms with Crippen molar-refractivity contribution in [2.75, 3.05) is 0 Å². The number of nitrogens with zero attached hydrogens (tertiary/aromatic N) is 2. The van der Waals surface area contributed by atoms with Crippen molar-refractivity contribution >= 4 is 22.5 Å². The second-order valence-corrected chi connectivity index (χ2v) is 7.37. The molecule has 0 saturated carbocycles. The highest BCUT2D eigenvalue weighted by atomic mass is 16.5. The summed E-state index contributed by atoms with van der Waals surface area (Å²) in [6, 6.07) is 20.9. The van der Waals surface area contributed by atoms with Crippen LogP contribution in [0.25, 0.3) is 16.6 Å². The first-order valence-corrected chi connectivity index (χ1v) is 10.1. The number of furan rings is 1. The molecule has 31 heavy (non-hydrogen) atoms. The van der Waals surface area contributed by atoms with Crippen molar-refractivity contribution in [2.45, 2.75) is 20.1 Å². The Balaban J connectivity index is 1.28. The maximum Gasteiger partial charge on any atom is 0.255 e. The van der Waals surface area contributed by atoms with Crippen molar-refractivity contribution in [1.29, 1.82) is 0 Å². The van der Waals surface area contributed by atoms with Crippen molar-refractivity contribution in [1.82, 2.24) is 14.7 Å². The largest absolute Gasteiger partial charge is 0.486 e. The number of aryl methyl sites for hydroxylation is 1. The monoisotopic (exact) mass is 411 g/mol. The van der Waals surface area contributed by atoms with Crippen LogP contribution >= 0.6 is 0 Å². The van der Waals surface area contributed by atoms with Gasteiger partial charge in [0.15, 0.2) is 0 Å². The number of nitrogens with one attached hydrogen (secondary N) is 1. The lowest BCUT2D eigenvalue weighted by molar-refractivity contribution is 0.0943. The Morgan fingerprint density at radius 1 is 1.10 bits per heavy atom. The van der Waals surface area contributed by atoms with Crippen LogP contribution in [-0.2, 0) is 13.2 Å². The fourth-order valence-corrected chi connectivity index (χ4v) is 3.59. The molecule has 5 rings (SSSR count). The number of carbonyl (C=O) groups excluding carboxylic acids is 1. The molecule has 0 spiro atoms. The third-order valence-corrected chi connectivity index (χ3v) is 5.13. The zero-order chi connectivity index (χ0) is 21.2. The standard InChI is InChI=1S/C25H21N3O3/c1-17-7-6-12-28-15-19(27-24(17)28)16-30-23-11-5-3-9-21(23)25(29)26-14-20-13-18-8-2-4-10-22(18)31-20/h2-13,15H,14,16H2,1H3,(H,26,29). The lowest BCUT2D eigenvalue weighted by atomic mass is 10.2. The fraction of sp³-hybridized carbons (Fsp3) is 0.120. The summed E-state index contributed by atoms with van der Waals surface area (Å²) in [6.45, 7) is 2.59. The number of benzene rings is 2. The molecule has 1 N–H and O–H groups in total. The first-order valence-electron chi connectivity index (χ1n) is 10.1. The van der Waals surface area contributed by atoms with Crippen LogP contribution in [0.4, 0.5) is 0 Å². The number of amides is 1. The van der Waals surface area contributed by atoms with Gasteiger partial charge in [0.1, 0.15) is 29.3 Å². The maximum atomic E-state index is 12.8. The number of fused-ring (bicyclic) bond motifs is 2. The molecule has 0 radical (unpaired) electrons. The molecule has 154 valence electrons. The molecule has 1 amide bonds. The molecule has 6 nitrogen and oxygen atoms in total. The molecule has 2 aromatic carbocycles. The summed E-state index contributed by atoms with van der Waals surface area (Å²) in [5.41, 5.74) is 4.07. The summed E-state index contributed by atoms with van der Waals surface area (Å²) in [5, 5.41) is 3.92. The topological polar surface area (TPSA) is 68.8 Å². The van der Waals surface area contributed by atoms with Crippen molar-refractivity contribution in [2.24, 2.45) is 0 Å². The summed E-state index contributed by atoms with van der Waals surface area (Å²) in [4.78, 5) is 17.4. The highest BCUT2D eigenvalue weighted by Gasteiger charge is 2.14. The van der Waals surface area contributed by atoms with Crippen LogP contribution in [0.5, 0.6) is 5.75 Å². The molecule has 0 bridgehead atoms. The molecule has 0 aliphatic heterocycles. The number of pyridine rings is 1. The predicted octanol–water partition coefficient (Wildman–Crippen LogP) is 4.90. The molecular formula is C25H21N3O3. The van der Waals surface area contributed by atoms with E-state index in [0.717, 1.165) is 27.9 Å². The number of para-hydroxylation sites is 2. The highest BCUT2D eigenvalue weighted by molar-refractivity contribution is 5.96. The van der Waals surface area contributed by atoms with E-state index in [1.807, 2.05) is 78.3 Å². The van der Waals surface area contributed by atoms with Crippen molar-refractivity contribution in [3.63, 3.8) is 0 Å². The molecule has 6 heteroatoms. The molecular weight excluding hydrogens is 390 g/mol. The minimum absolute atomic E-state index is 0.220. The summed E-state index contributed by atoms with van der Waals surface area (Å²) in [6.07, 6.45) is 3.89. The lowest BCUT2D eigenvalue weighted by Gasteiger charge is -2.10. The SMILES string of the molecule is Cc1cccn2cc(COc3ccccc3C(=O)NCc3cc4ccccc4o3)nc12.